The maximum Gasteiger partial charge on any atom is 0.319 e. The van der Waals surface area contributed by atoms with Crippen molar-refractivity contribution in [1.82, 2.24) is 5.32 Å². The van der Waals surface area contributed by atoms with E-state index in [1.54, 1.807) is 0 Å². The monoisotopic (exact) mass is 352 g/mol. The van der Waals surface area contributed by atoms with E-state index in [4.69, 9.17) is 4.74 Å². The first-order valence-electron chi connectivity index (χ1n) is 9.64. The van der Waals surface area contributed by atoms with Gasteiger partial charge in [0, 0.05) is 11.7 Å². The fourth-order valence-corrected chi connectivity index (χ4v) is 3.34. The van der Waals surface area contributed by atoms with Crippen LogP contribution in [0.5, 0.6) is 5.75 Å². The summed E-state index contributed by atoms with van der Waals surface area (Å²) >= 11 is 0. The smallest absolute Gasteiger partial charge is 0.319 e. The molecule has 0 unspecified atom stereocenters. The van der Waals surface area contributed by atoms with Crippen LogP contribution in [0.15, 0.2) is 54.6 Å². The molecule has 138 valence electrons. The van der Waals surface area contributed by atoms with Crippen molar-refractivity contribution in [3.05, 3.63) is 60.2 Å². The van der Waals surface area contributed by atoms with Crippen molar-refractivity contribution < 1.29 is 9.53 Å². The predicted molar refractivity (Wildman–Crippen MR) is 106 cm³/mol. The van der Waals surface area contributed by atoms with Crippen LogP contribution in [0.25, 0.3) is 0 Å². The third kappa shape index (κ3) is 6.10. The molecule has 3 rings (SSSR count). The minimum atomic E-state index is -0.117. The largest absolute Gasteiger partial charge is 0.494 e. The summed E-state index contributed by atoms with van der Waals surface area (Å²) < 4.78 is 5.78. The number of benzene rings is 2. The second-order valence-electron chi connectivity index (χ2n) is 6.90. The molecular weight excluding hydrogens is 324 g/mol. The number of anilines is 1. The fraction of sp³-hybridized carbons (Fsp3) is 0.409. The Bertz CT molecular complexity index is 664. The van der Waals surface area contributed by atoms with Crippen LogP contribution in [0.3, 0.4) is 0 Å². The van der Waals surface area contributed by atoms with Crippen molar-refractivity contribution in [3.63, 3.8) is 0 Å². The van der Waals surface area contributed by atoms with Crippen LogP contribution in [-0.2, 0) is 6.42 Å². The molecule has 2 amide bonds. The van der Waals surface area contributed by atoms with Crippen molar-refractivity contribution in [3.8, 4) is 5.75 Å². The highest BCUT2D eigenvalue weighted by atomic mass is 16.5. The molecule has 0 atom stereocenters. The highest BCUT2D eigenvalue weighted by molar-refractivity contribution is 5.89. The second-order valence-corrected chi connectivity index (χ2v) is 6.90. The van der Waals surface area contributed by atoms with E-state index in [0.29, 0.717) is 12.6 Å². The van der Waals surface area contributed by atoms with Gasteiger partial charge in [-0.1, -0.05) is 49.6 Å². The minimum absolute atomic E-state index is 0.117. The molecule has 0 radical (unpaired) electrons. The number of urea groups is 1. The molecule has 0 spiro atoms. The molecule has 1 fully saturated rings. The van der Waals surface area contributed by atoms with Gasteiger partial charge in [0.1, 0.15) is 5.75 Å². The van der Waals surface area contributed by atoms with Crippen molar-refractivity contribution in [2.45, 2.75) is 51.0 Å². The van der Waals surface area contributed by atoms with Gasteiger partial charge in [-0.3, -0.25) is 0 Å². The summed E-state index contributed by atoms with van der Waals surface area (Å²) in [6, 6.07) is 18.2. The molecule has 2 aromatic carbocycles. The molecule has 0 bridgehead atoms. The van der Waals surface area contributed by atoms with Gasteiger partial charge in [-0.25, -0.2) is 4.79 Å². The highest BCUT2D eigenvalue weighted by Gasteiger charge is 2.15. The first-order chi connectivity index (χ1) is 12.8. The van der Waals surface area contributed by atoms with Gasteiger partial charge < -0.3 is 15.4 Å². The van der Waals surface area contributed by atoms with Crippen LogP contribution < -0.4 is 15.4 Å². The lowest BCUT2D eigenvalue weighted by molar-refractivity contribution is 0.244. The minimum Gasteiger partial charge on any atom is -0.494 e. The topological polar surface area (TPSA) is 50.4 Å². The van der Waals surface area contributed by atoms with E-state index < -0.39 is 0 Å². The average Bonchev–Trinajstić information content (AvgIpc) is 2.68. The van der Waals surface area contributed by atoms with E-state index in [1.807, 2.05) is 30.3 Å². The quantitative estimate of drug-likeness (QED) is 0.677. The van der Waals surface area contributed by atoms with Crippen LogP contribution >= 0.6 is 0 Å². The molecule has 1 aliphatic rings. The molecule has 0 aromatic heterocycles. The van der Waals surface area contributed by atoms with Crippen LogP contribution in [0.4, 0.5) is 10.5 Å². The van der Waals surface area contributed by atoms with Crippen LogP contribution in [0.2, 0.25) is 0 Å². The van der Waals surface area contributed by atoms with Gasteiger partial charge in [-0.2, -0.15) is 0 Å². The van der Waals surface area contributed by atoms with E-state index in [9.17, 15) is 4.79 Å². The van der Waals surface area contributed by atoms with Crippen LogP contribution in [0, 0.1) is 0 Å². The third-order valence-electron chi connectivity index (χ3n) is 4.77. The highest BCUT2D eigenvalue weighted by Crippen LogP contribution is 2.19. The lowest BCUT2D eigenvalue weighted by Crippen LogP contribution is -2.38. The molecule has 2 aromatic rings. The van der Waals surface area contributed by atoms with Crippen molar-refractivity contribution in [2.24, 2.45) is 0 Å². The standard InChI is InChI=1S/C22H28N2O2/c25-22(23-19-11-5-2-6-12-19)24-20-13-15-21(16-14-20)26-17-7-10-18-8-3-1-4-9-18/h1,3-4,8-9,13-16,19H,2,5-7,10-12,17H2,(H2,23,24,25). The molecular formula is C22H28N2O2. The normalized spacial score (nSPS) is 14.6. The Morgan fingerprint density at radius 2 is 1.69 bits per heavy atom. The zero-order valence-electron chi connectivity index (χ0n) is 15.2. The number of carbonyl (C=O) groups is 1. The molecule has 0 heterocycles. The zero-order valence-corrected chi connectivity index (χ0v) is 15.2. The average molecular weight is 352 g/mol. The Labute approximate surface area is 156 Å². The summed E-state index contributed by atoms with van der Waals surface area (Å²) in [5, 5.41) is 5.96. The van der Waals surface area contributed by atoms with Crippen molar-refractivity contribution in [2.75, 3.05) is 11.9 Å². The van der Waals surface area contributed by atoms with Gasteiger partial charge in [0.25, 0.3) is 0 Å². The first-order valence-corrected chi connectivity index (χ1v) is 9.64. The SMILES string of the molecule is O=C(Nc1ccc(OCCCc2ccccc2)cc1)NC1CCCCC1. The van der Waals surface area contributed by atoms with Gasteiger partial charge in [0.15, 0.2) is 0 Å². The van der Waals surface area contributed by atoms with Crippen LogP contribution in [-0.4, -0.2) is 18.7 Å². The van der Waals surface area contributed by atoms with E-state index in [1.165, 1.54) is 24.8 Å². The van der Waals surface area contributed by atoms with Crippen LogP contribution in [0.1, 0.15) is 44.1 Å². The summed E-state index contributed by atoms with van der Waals surface area (Å²) in [7, 11) is 0. The molecule has 1 aliphatic carbocycles. The van der Waals surface area contributed by atoms with E-state index in [0.717, 1.165) is 37.1 Å². The van der Waals surface area contributed by atoms with E-state index in [2.05, 4.69) is 34.9 Å². The van der Waals surface area contributed by atoms with Gasteiger partial charge in [-0.05, 0) is 55.5 Å². The van der Waals surface area contributed by atoms with Gasteiger partial charge in [-0.15, -0.1) is 0 Å². The zero-order chi connectivity index (χ0) is 18.0. The maximum atomic E-state index is 12.1. The lowest BCUT2D eigenvalue weighted by atomic mass is 9.96. The summed E-state index contributed by atoms with van der Waals surface area (Å²) in [5.41, 5.74) is 2.12. The van der Waals surface area contributed by atoms with Gasteiger partial charge in [0.2, 0.25) is 0 Å². The first kappa shape index (κ1) is 18.3. The van der Waals surface area contributed by atoms with Crippen molar-refractivity contribution in [1.29, 1.82) is 0 Å². The maximum absolute atomic E-state index is 12.1. The number of aryl methyl sites for hydroxylation is 1. The summed E-state index contributed by atoms with van der Waals surface area (Å²) in [5.74, 6) is 0.830. The third-order valence-corrected chi connectivity index (χ3v) is 4.77. The number of rotatable bonds is 7. The molecule has 0 aliphatic heterocycles. The van der Waals surface area contributed by atoms with E-state index >= 15 is 0 Å². The fourth-order valence-electron chi connectivity index (χ4n) is 3.34. The predicted octanol–water partition coefficient (Wildman–Crippen LogP) is 5.15. The number of ether oxygens (including phenoxy) is 1. The number of nitrogens with one attached hydrogen (secondary N) is 2. The number of carbonyl (C=O) groups excluding carboxylic acids is 1. The molecule has 0 saturated heterocycles. The van der Waals surface area contributed by atoms with Gasteiger partial charge in [0.05, 0.1) is 6.61 Å². The Morgan fingerprint density at radius 1 is 0.962 bits per heavy atom. The molecule has 4 nitrogen and oxygen atoms in total. The Morgan fingerprint density at radius 3 is 2.42 bits per heavy atom. The molecule has 4 heteroatoms. The second kappa shape index (κ2) is 9.85. The number of amides is 2. The summed E-state index contributed by atoms with van der Waals surface area (Å²) in [6.45, 7) is 0.684. The number of hydrogen-bond donors (Lipinski definition) is 2. The number of hydrogen-bond acceptors (Lipinski definition) is 2. The lowest BCUT2D eigenvalue weighted by Gasteiger charge is -2.22. The van der Waals surface area contributed by atoms with Crippen molar-refractivity contribution >= 4 is 11.7 Å². The Kier molecular flexibility index (Phi) is 6.94. The Balaban J connectivity index is 1.36. The van der Waals surface area contributed by atoms with Gasteiger partial charge >= 0.3 is 6.03 Å². The van der Waals surface area contributed by atoms with E-state index in [-0.39, 0.29) is 6.03 Å². The summed E-state index contributed by atoms with van der Waals surface area (Å²) in [4.78, 5) is 12.1. The molecule has 26 heavy (non-hydrogen) atoms. The Hall–Kier alpha value is -2.49. The molecule has 1 saturated carbocycles. The summed E-state index contributed by atoms with van der Waals surface area (Å²) in [6.07, 6.45) is 7.87. The molecule has 2 N–H and O–H groups in total.